The van der Waals surface area contributed by atoms with Gasteiger partial charge >= 0.3 is 0 Å². The Morgan fingerprint density at radius 1 is 1.45 bits per heavy atom. The van der Waals surface area contributed by atoms with Crippen LogP contribution in [0.5, 0.6) is 0 Å². The van der Waals surface area contributed by atoms with Crippen molar-refractivity contribution < 1.29 is 9.18 Å². The zero-order valence-electron chi connectivity index (χ0n) is 12.4. The maximum atomic E-state index is 13.7. The Morgan fingerprint density at radius 3 is 2.85 bits per heavy atom. The molecule has 1 fully saturated rings. The van der Waals surface area contributed by atoms with Gasteiger partial charge in [0.25, 0.3) is 0 Å². The van der Waals surface area contributed by atoms with Crippen LogP contribution in [-0.4, -0.2) is 36.0 Å². The summed E-state index contributed by atoms with van der Waals surface area (Å²) in [6.45, 7) is 7.61. The van der Waals surface area contributed by atoms with E-state index in [-0.39, 0.29) is 23.7 Å². The first-order valence-electron chi connectivity index (χ1n) is 7.28. The van der Waals surface area contributed by atoms with Gasteiger partial charge in [-0.05, 0) is 31.4 Å². The number of nitrogens with zero attached hydrogens (tertiary/aromatic N) is 1. The zero-order valence-corrected chi connectivity index (χ0v) is 12.4. The average Bonchev–Trinajstić information content (AvgIpc) is 2.42. The lowest BCUT2D eigenvalue weighted by atomic mass is 9.95. The summed E-state index contributed by atoms with van der Waals surface area (Å²) in [4.78, 5) is 14.3. The molecule has 4 heteroatoms. The molecule has 0 aliphatic carbocycles. The standard InChI is InChI=1S/C16H23FN2O/c1-11(14-6-4-5-7-15(14)17)10-16(20)19-9-8-18-12(2)13(19)3/h4-7,11-13,18H,8-10H2,1-3H3. The van der Waals surface area contributed by atoms with Crippen molar-refractivity contribution >= 4 is 5.91 Å². The van der Waals surface area contributed by atoms with Crippen LogP contribution in [0.2, 0.25) is 0 Å². The molecule has 110 valence electrons. The van der Waals surface area contributed by atoms with Crippen LogP contribution < -0.4 is 5.32 Å². The van der Waals surface area contributed by atoms with Crippen LogP contribution in [0.3, 0.4) is 0 Å². The van der Waals surface area contributed by atoms with E-state index < -0.39 is 0 Å². The summed E-state index contributed by atoms with van der Waals surface area (Å²) in [7, 11) is 0. The fraction of sp³-hybridized carbons (Fsp3) is 0.562. The second-order valence-corrected chi connectivity index (χ2v) is 5.70. The van der Waals surface area contributed by atoms with E-state index in [1.807, 2.05) is 17.9 Å². The summed E-state index contributed by atoms with van der Waals surface area (Å²) >= 11 is 0. The van der Waals surface area contributed by atoms with Crippen molar-refractivity contribution in [1.29, 1.82) is 0 Å². The van der Waals surface area contributed by atoms with Gasteiger partial charge in [0.2, 0.25) is 5.91 Å². The highest BCUT2D eigenvalue weighted by atomic mass is 19.1. The number of nitrogens with one attached hydrogen (secondary N) is 1. The van der Waals surface area contributed by atoms with Gasteiger partial charge in [0.1, 0.15) is 5.82 Å². The summed E-state index contributed by atoms with van der Waals surface area (Å²) in [6.07, 6.45) is 0.359. The molecule has 0 aromatic heterocycles. The minimum atomic E-state index is -0.227. The summed E-state index contributed by atoms with van der Waals surface area (Å²) in [5.74, 6) is -0.211. The number of carbonyl (C=O) groups excluding carboxylic acids is 1. The summed E-state index contributed by atoms with van der Waals surface area (Å²) in [6, 6.07) is 7.19. The Hall–Kier alpha value is -1.42. The Kier molecular flexibility index (Phi) is 4.76. The van der Waals surface area contributed by atoms with Gasteiger partial charge < -0.3 is 10.2 Å². The summed E-state index contributed by atoms with van der Waals surface area (Å²) < 4.78 is 13.7. The first-order chi connectivity index (χ1) is 9.50. The fourth-order valence-electron chi connectivity index (χ4n) is 2.77. The number of rotatable bonds is 3. The van der Waals surface area contributed by atoms with Crippen LogP contribution in [0, 0.1) is 5.82 Å². The molecule has 0 spiro atoms. The van der Waals surface area contributed by atoms with Gasteiger partial charge in [0.15, 0.2) is 0 Å². The number of hydrogen-bond donors (Lipinski definition) is 1. The van der Waals surface area contributed by atoms with Crippen molar-refractivity contribution in [2.45, 2.75) is 45.2 Å². The van der Waals surface area contributed by atoms with Crippen LogP contribution >= 0.6 is 0 Å². The number of benzene rings is 1. The predicted octanol–water partition coefficient (Wildman–Crippen LogP) is 2.53. The quantitative estimate of drug-likeness (QED) is 0.921. The van der Waals surface area contributed by atoms with E-state index in [4.69, 9.17) is 0 Å². The molecule has 3 nitrogen and oxygen atoms in total. The number of carbonyl (C=O) groups is 1. The van der Waals surface area contributed by atoms with E-state index >= 15 is 0 Å². The molecule has 1 aliphatic rings. The molecular formula is C16H23FN2O. The summed E-state index contributed by atoms with van der Waals surface area (Å²) in [5, 5.41) is 3.36. The van der Waals surface area contributed by atoms with Crippen molar-refractivity contribution in [2.24, 2.45) is 0 Å². The van der Waals surface area contributed by atoms with Gasteiger partial charge in [-0.2, -0.15) is 0 Å². The third-order valence-corrected chi connectivity index (χ3v) is 4.27. The largest absolute Gasteiger partial charge is 0.337 e. The molecule has 2 rings (SSSR count). The summed E-state index contributed by atoms with van der Waals surface area (Å²) in [5.41, 5.74) is 0.622. The molecule has 1 aliphatic heterocycles. The van der Waals surface area contributed by atoms with Gasteiger partial charge in [-0.1, -0.05) is 25.1 Å². The van der Waals surface area contributed by atoms with Crippen molar-refractivity contribution in [2.75, 3.05) is 13.1 Å². The number of halogens is 1. The minimum absolute atomic E-state index is 0.0962. The van der Waals surface area contributed by atoms with Crippen molar-refractivity contribution in [3.05, 3.63) is 35.6 Å². The number of piperazine rings is 1. The van der Waals surface area contributed by atoms with Crippen LogP contribution in [0.25, 0.3) is 0 Å². The first-order valence-corrected chi connectivity index (χ1v) is 7.28. The predicted molar refractivity (Wildman–Crippen MR) is 78.1 cm³/mol. The Bertz CT molecular complexity index is 477. The molecule has 3 unspecified atom stereocenters. The fourth-order valence-corrected chi connectivity index (χ4v) is 2.77. The third kappa shape index (κ3) is 3.18. The highest BCUT2D eigenvalue weighted by Crippen LogP contribution is 2.23. The zero-order chi connectivity index (χ0) is 14.7. The lowest BCUT2D eigenvalue weighted by molar-refractivity contribution is -0.135. The van der Waals surface area contributed by atoms with E-state index in [1.165, 1.54) is 6.07 Å². The minimum Gasteiger partial charge on any atom is -0.337 e. The first kappa shape index (κ1) is 15.0. The molecule has 1 aromatic rings. The smallest absolute Gasteiger partial charge is 0.223 e. The topological polar surface area (TPSA) is 32.3 Å². The van der Waals surface area contributed by atoms with E-state index in [2.05, 4.69) is 19.2 Å². The van der Waals surface area contributed by atoms with E-state index in [1.54, 1.807) is 12.1 Å². The van der Waals surface area contributed by atoms with E-state index in [0.717, 1.165) is 13.1 Å². The van der Waals surface area contributed by atoms with Gasteiger partial charge in [-0.3, -0.25) is 4.79 Å². The van der Waals surface area contributed by atoms with Crippen LogP contribution in [-0.2, 0) is 4.79 Å². The van der Waals surface area contributed by atoms with Crippen molar-refractivity contribution in [1.82, 2.24) is 10.2 Å². The molecule has 0 saturated carbocycles. The highest BCUT2D eigenvalue weighted by molar-refractivity contribution is 5.77. The molecule has 1 heterocycles. The van der Waals surface area contributed by atoms with Crippen LogP contribution in [0.15, 0.2) is 24.3 Å². The second kappa shape index (κ2) is 6.35. The normalized spacial score (nSPS) is 24.5. The molecular weight excluding hydrogens is 255 g/mol. The van der Waals surface area contributed by atoms with E-state index in [9.17, 15) is 9.18 Å². The molecule has 0 radical (unpaired) electrons. The molecule has 1 N–H and O–H groups in total. The number of hydrogen-bond acceptors (Lipinski definition) is 2. The lowest BCUT2D eigenvalue weighted by Crippen LogP contribution is -2.57. The van der Waals surface area contributed by atoms with Gasteiger partial charge in [0, 0.05) is 31.6 Å². The molecule has 1 amide bonds. The Balaban J connectivity index is 2.02. The van der Waals surface area contributed by atoms with Crippen LogP contribution in [0.4, 0.5) is 4.39 Å². The van der Waals surface area contributed by atoms with Crippen molar-refractivity contribution in [3.63, 3.8) is 0 Å². The van der Waals surface area contributed by atoms with Crippen LogP contribution in [0.1, 0.15) is 38.7 Å². The molecule has 1 aromatic carbocycles. The number of amides is 1. The maximum absolute atomic E-state index is 13.7. The Labute approximate surface area is 120 Å². The van der Waals surface area contributed by atoms with E-state index in [0.29, 0.717) is 18.0 Å². The molecule has 0 bridgehead atoms. The lowest BCUT2D eigenvalue weighted by Gasteiger charge is -2.39. The monoisotopic (exact) mass is 278 g/mol. The van der Waals surface area contributed by atoms with Gasteiger partial charge in [-0.25, -0.2) is 4.39 Å². The molecule has 1 saturated heterocycles. The highest BCUT2D eigenvalue weighted by Gasteiger charge is 2.29. The Morgan fingerprint density at radius 2 is 2.15 bits per heavy atom. The van der Waals surface area contributed by atoms with Gasteiger partial charge in [0.05, 0.1) is 0 Å². The second-order valence-electron chi connectivity index (χ2n) is 5.70. The molecule has 20 heavy (non-hydrogen) atoms. The van der Waals surface area contributed by atoms with Crippen molar-refractivity contribution in [3.8, 4) is 0 Å². The molecule has 3 atom stereocenters. The maximum Gasteiger partial charge on any atom is 0.223 e. The third-order valence-electron chi connectivity index (χ3n) is 4.27. The average molecular weight is 278 g/mol. The van der Waals surface area contributed by atoms with Gasteiger partial charge in [-0.15, -0.1) is 0 Å². The SMILES string of the molecule is CC(CC(=O)N1CCNC(C)C1C)c1ccccc1F.